The molecule has 0 radical (unpaired) electrons. The molecule has 17 aromatic rings. The third-order valence-electron chi connectivity index (χ3n) is 26.7. The van der Waals surface area contributed by atoms with Gasteiger partial charge in [0.1, 0.15) is 6.07 Å². The highest BCUT2D eigenvalue weighted by molar-refractivity contribution is 7.00. The first-order valence-corrected chi connectivity index (χ1v) is 44.5. The highest BCUT2D eigenvalue weighted by Crippen LogP contribution is 2.55. The number of para-hydroxylation sites is 2. The summed E-state index contributed by atoms with van der Waals surface area (Å²) < 4.78 is 48.8. The van der Waals surface area contributed by atoms with E-state index in [4.69, 9.17) is 0 Å². The van der Waals surface area contributed by atoms with Crippen LogP contribution in [0.25, 0.3) is 116 Å². The van der Waals surface area contributed by atoms with Gasteiger partial charge in [-0.3, -0.25) is 0 Å². The van der Waals surface area contributed by atoms with Crippen LogP contribution in [0.15, 0.2) is 273 Å². The quantitative estimate of drug-likeness (QED) is 0.142. The van der Waals surface area contributed by atoms with E-state index in [0.717, 1.165) is 139 Å². The first-order chi connectivity index (χ1) is 60.2. The zero-order valence-electron chi connectivity index (χ0n) is 80.9. The van der Waals surface area contributed by atoms with E-state index < -0.39 is 17.5 Å². The number of nitrogens with zero attached hydrogens (tertiary/aromatic N) is 6. The van der Waals surface area contributed by atoms with Gasteiger partial charge in [0, 0.05) is 83.3 Å². The molecule has 7 heteroatoms. The lowest BCUT2D eigenvalue weighted by atomic mass is 9.33. The molecule has 19 rings (SSSR count). The maximum absolute atomic E-state index is 11.8. The summed E-state index contributed by atoms with van der Waals surface area (Å²) in [5, 5.41) is 18.7. The van der Waals surface area contributed by atoms with E-state index in [1.54, 1.807) is 0 Å². The van der Waals surface area contributed by atoms with Crippen LogP contribution in [0.5, 0.6) is 0 Å². The highest BCUT2D eigenvalue weighted by atomic mass is 15.2. The van der Waals surface area contributed by atoms with Crippen LogP contribution in [0.2, 0.25) is 0 Å². The molecule has 0 N–H and O–H groups in total. The monoisotopic (exact) mass is 1620 g/mol. The van der Waals surface area contributed by atoms with Crippen molar-refractivity contribution in [2.75, 3.05) is 9.80 Å². The predicted octanol–water partition coefficient (Wildman–Crippen LogP) is 30.3. The van der Waals surface area contributed by atoms with Crippen LogP contribution in [-0.4, -0.2) is 20.4 Å². The Morgan fingerprint density at radius 3 is 1.08 bits per heavy atom. The van der Waals surface area contributed by atoms with Gasteiger partial charge in [-0.15, -0.1) is 0 Å². The maximum Gasteiger partial charge on any atom is 0.252 e. The average Bonchev–Trinajstić information content (AvgIpc) is 0.726. The Kier molecular flexibility index (Phi) is 17.5. The SMILES string of the molecule is [2H]c1c([2H])c(-c2cc(C(C)(C)C)cc(-c3ccccc3)c2N2c3cc(-n4c5ccc(C(C)(C)C)cc5c5cc(C(C)(C)C)ccc54)ccc3B3c4ccc(-n5c6ccc(C(C)(C)C)cc6c6cc(C(C)(C)C)ccc65)cc4N(c4ccc(C#N)c(-n5c6ccccc6c6ccccc65)c4)c4cc(-c5cc(C(C)(C)C)cc(C(C)(C)C)c5)cc2c43)c([2H])c(C(C)(C)C)c1[2H]. The van der Waals surface area contributed by atoms with E-state index in [1.165, 1.54) is 54.9 Å². The molecule has 3 aromatic heterocycles. The van der Waals surface area contributed by atoms with Gasteiger partial charge in [0.15, 0.2) is 0 Å². The van der Waals surface area contributed by atoms with Crippen LogP contribution in [0.3, 0.4) is 0 Å². The number of nitriles is 1. The average molecular weight is 1620 g/mol. The fourth-order valence-corrected chi connectivity index (χ4v) is 19.4. The largest absolute Gasteiger partial charge is 0.311 e. The summed E-state index contributed by atoms with van der Waals surface area (Å²) in [5.41, 5.74) is 29.1. The molecule has 618 valence electrons. The minimum absolute atomic E-state index is 0.0565. The number of aromatic nitrogens is 3. The van der Waals surface area contributed by atoms with Crippen LogP contribution in [0.4, 0.5) is 34.1 Å². The Labute approximate surface area is 741 Å². The summed E-state index contributed by atoms with van der Waals surface area (Å²) >= 11 is 0. The lowest BCUT2D eigenvalue weighted by Crippen LogP contribution is -2.61. The molecule has 0 saturated carbocycles. The van der Waals surface area contributed by atoms with Crippen molar-refractivity contribution in [3.8, 4) is 56.5 Å². The van der Waals surface area contributed by atoms with Crippen LogP contribution in [0, 0.1) is 11.3 Å². The topological polar surface area (TPSA) is 45.1 Å². The normalized spacial score (nSPS) is 14.0. The molecule has 0 fully saturated rings. The van der Waals surface area contributed by atoms with Crippen molar-refractivity contribution in [1.82, 2.24) is 13.7 Å². The molecule has 0 spiro atoms. The number of anilines is 6. The first kappa shape index (κ1) is 76.5. The van der Waals surface area contributed by atoms with E-state index in [2.05, 4.69) is 418 Å². The lowest BCUT2D eigenvalue weighted by Gasteiger charge is -2.45. The van der Waals surface area contributed by atoms with Crippen molar-refractivity contribution in [2.24, 2.45) is 0 Å². The van der Waals surface area contributed by atoms with Crippen LogP contribution in [-0.2, 0) is 43.3 Å². The summed E-state index contributed by atoms with van der Waals surface area (Å²) in [5.74, 6) is 0. The number of hydrogen-bond donors (Lipinski definition) is 0. The van der Waals surface area contributed by atoms with Gasteiger partial charge in [0.05, 0.1) is 55.5 Å². The molecule has 2 aliphatic heterocycles. The molecular formula is C117H117BN6. The Hall–Kier alpha value is -12.4. The van der Waals surface area contributed by atoms with E-state index >= 15 is 0 Å². The van der Waals surface area contributed by atoms with Crippen molar-refractivity contribution >= 4 is 123 Å². The van der Waals surface area contributed by atoms with Gasteiger partial charge in [0.2, 0.25) is 0 Å². The summed E-state index contributed by atoms with van der Waals surface area (Å²) in [7, 11) is 0. The molecular weight excluding hydrogens is 1500 g/mol. The molecule has 0 bridgehead atoms. The smallest absolute Gasteiger partial charge is 0.252 e. The van der Waals surface area contributed by atoms with Gasteiger partial charge >= 0.3 is 0 Å². The number of fused-ring (bicyclic) bond motifs is 13. The second-order valence-electron chi connectivity index (χ2n) is 43.6. The van der Waals surface area contributed by atoms with Crippen molar-refractivity contribution in [3.05, 3.63) is 323 Å². The Balaban J connectivity index is 1.03. The third-order valence-corrected chi connectivity index (χ3v) is 26.7. The lowest BCUT2D eigenvalue weighted by molar-refractivity contribution is 0.569. The standard InChI is InChI=1S/C117H117BN6/c1-110(2,3)76-36-32-35-72(55-76)90-66-83(117(22,23)24)65-89(71-33-26-25-27-34-71)109(90)124-105-69-86(121-101-53-44-79(113(10,11)12)63-93(101)94-64-80(114(13,14)15)45-54-102(94)121)48-50-96(105)118-95-49-47-85(120-99-51-42-77(111(4,5)6)61-91(99)92-62-78(112(7,8)9)43-52-100(92)120)68-104(95)122(106-58-75(59-107(124)108(106)118)74-56-81(115(16,17)18)60-82(57-74)116(19,20)21)84-46-41-73(70-119)103(67-84)123-97-39-30-28-37-87(97)88-38-29-31-40-98(88)123/h25-69H,1-24H3/i32D,35D,36D,55D. The van der Waals surface area contributed by atoms with E-state index in [1.807, 2.05) is 26.8 Å². The summed E-state index contributed by atoms with van der Waals surface area (Å²) in [4.78, 5) is 5.04. The molecule has 0 unspecified atom stereocenters. The predicted molar refractivity (Wildman–Crippen MR) is 534 cm³/mol. The van der Waals surface area contributed by atoms with Crippen LogP contribution in [0.1, 0.15) is 222 Å². The van der Waals surface area contributed by atoms with E-state index in [0.29, 0.717) is 22.3 Å². The molecule has 0 saturated heterocycles. The highest BCUT2D eigenvalue weighted by Gasteiger charge is 2.46. The van der Waals surface area contributed by atoms with Gasteiger partial charge < -0.3 is 23.5 Å². The van der Waals surface area contributed by atoms with Crippen LogP contribution >= 0.6 is 0 Å². The van der Waals surface area contributed by atoms with E-state index in [9.17, 15) is 10.7 Å². The summed E-state index contributed by atoms with van der Waals surface area (Å²) in [6.45, 7) is 53.8. The second kappa shape index (κ2) is 28.3. The third kappa shape index (κ3) is 13.6. The zero-order chi connectivity index (χ0) is 91.0. The Bertz CT molecular complexity index is 7360. The minimum atomic E-state index is -0.780. The van der Waals surface area contributed by atoms with Gasteiger partial charge in [-0.05, 0) is 254 Å². The fraction of sp³-hybridized carbons (Fsp3) is 0.274. The summed E-state index contributed by atoms with van der Waals surface area (Å²) in [6, 6.07) is 96.1. The minimum Gasteiger partial charge on any atom is -0.311 e. The van der Waals surface area contributed by atoms with Crippen molar-refractivity contribution in [1.29, 1.82) is 5.26 Å². The Morgan fingerprint density at radius 2 is 0.645 bits per heavy atom. The van der Waals surface area contributed by atoms with Crippen LogP contribution < -0.4 is 26.2 Å². The van der Waals surface area contributed by atoms with Gasteiger partial charge in [-0.25, -0.2) is 0 Å². The number of hydrogen-bond acceptors (Lipinski definition) is 3. The number of benzene rings is 14. The summed E-state index contributed by atoms with van der Waals surface area (Å²) in [6.07, 6.45) is 0. The molecule has 0 amide bonds. The molecule has 14 aromatic carbocycles. The van der Waals surface area contributed by atoms with Gasteiger partial charge in [0.25, 0.3) is 6.71 Å². The first-order valence-electron chi connectivity index (χ1n) is 46.5. The second-order valence-corrected chi connectivity index (χ2v) is 43.6. The number of rotatable bonds is 8. The molecule has 5 heterocycles. The fourth-order valence-electron chi connectivity index (χ4n) is 19.4. The molecule has 124 heavy (non-hydrogen) atoms. The van der Waals surface area contributed by atoms with Crippen molar-refractivity contribution in [3.63, 3.8) is 0 Å². The molecule has 0 atom stereocenters. The maximum atomic E-state index is 11.8. The van der Waals surface area contributed by atoms with Crippen molar-refractivity contribution in [2.45, 2.75) is 209 Å². The van der Waals surface area contributed by atoms with Crippen molar-refractivity contribution < 1.29 is 5.48 Å². The van der Waals surface area contributed by atoms with Gasteiger partial charge in [-0.1, -0.05) is 312 Å². The molecule has 2 aliphatic rings. The Morgan fingerprint density at radius 1 is 0.274 bits per heavy atom. The zero-order valence-corrected chi connectivity index (χ0v) is 76.9. The molecule has 0 aliphatic carbocycles. The van der Waals surface area contributed by atoms with E-state index in [-0.39, 0.29) is 56.7 Å². The molecule has 6 nitrogen and oxygen atoms in total. The van der Waals surface area contributed by atoms with Gasteiger partial charge in [-0.2, -0.15) is 5.26 Å².